The molecule has 0 atom stereocenters. The third-order valence-corrected chi connectivity index (χ3v) is 3.04. The average Bonchev–Trinajstić information content (AvgIpc) is 2.57. The number of hydrogen-bond donors (Lipinski definition) is 3. The molecule has 4 N–H and O–H groups in total. The van der Waals surface area contributed by atoms with Gasteiger partial charge in [-0.1, -0.05) is 12.1 Å². The van der Waals surface area contributed by atoms with Gasteiger partial charge >= 0.3 is 6.03 Å². The fourth-order valence-corrected chi connectivity index (χ4v) is 1.90. The summed E-state index contributed by atoms with van der Waals surface area (Å²) in [6.45, 7) is 2.40. The maximum absolute atomic E-state index is 11.9. The van der Waals surface area contributed by atoms with Crippen molar-refractivity contribution in [2.24, 2.45) is 0 Å². The van der Waals surface area contributed by atoms with Crippen molar-refractivity contribution >= 4 is 17.6 Å². The van der Waals surface area contributed by atoms with E-state index in [1.165, 1.54) is 6.07 Å². The zero-order chi connectivity index (χ0) is 17.4. The van der Waals surface area contributed by atoms with Crippen LogP contribution in [0.25, 0.3) is 0 Å². The molecule has 2 rings (SSSR count). The van der Waals surface area contributed by atoms with Crippen molar-refractivity contribution in [3.05, 3.63) is 54.1 Å². The Labute approximate surface area is 139 Å². The second-order valence-electron chi connectivity index (χ2n) is 4.74. The zero-order valence-electron chi connectivity index (χ0n) is 13.2. The lowest BCUT2D eigenvalue weighted by atomic mass is 10.2. The maximum atomic E-state index is 11.9. The fourth-order valence-electron chi connectivity index (χ4n) is 1.90. The number of anilines is 1. The molecule has 0 spiro atoms. The third-order valence-electron chi connectivity index (χ3n) is 3.04. The van der Waals surface area contributed by atoms with Crippen molar-refractivity contribution in [1.82, 2.24) is 10.6 Å². The highest BCUT2D eigenvalue weighted by Gasteiger charge is 2.12. The Bertz CT molecular complexity index is 701. The number of imide groups is 1. The molecular formula is C17H19N3O4. The van der Waals surface area contributed by atoms with Crippen LogP contribution in [0.2, 0.25) is 0 Å². The molecule has 0 unspecified atom stereocenters. The molecule has 0 saturated carbocycles. The lowest BCUT2D eigenvalue weighted by molar-refractivity contribution is 0.0963. The first-order valence-electron chi connectivity index (χ1n) is 7.39. The predicted molar refractivity (Wildman–Crippen MR) is 90.0 cm³/mol. The highest BCUT2D eigenvalue weighted by Crippen LogP contribution is 2.17. The molecule has 0 aliphatic heterocycles. The number of urea groups is 1. The van der Waals surface area contributed by atoms with Crippen LogP contribution in [0.4, 0.5) is 10.5 Å². The van der Waals surface area contributed by atoms with Crippen molar-refractivity contribution in [1.29, 1.82) is 0 Å². The van der Waals surface area contributed by atoms with E-state index in [4.69, 9.17) is 15.2 Å². The highest BCUT2D eigenvalue weighted by molar-refractivity contribution is 6.07. The van der Waals surface area contributed by atoms with E-state index in [9.17, 15) is 9.59 Å². The fraction of sp³-hybridized carbons (Fsp3) is 0.176. The molecule has 0 radical (unpaired) electrons. The molecule has 0 aliphatic rings. The smallest absolute Gasteiger partial charge is 0.324 e. The highest BCUT2D eigenvalue weighted by atomic mass is 16.5. The topological polar surface area (TPSA) is 103 Å². The predicted octanol–water partition coefficient (Wildman–Crippen LogP) is 2.14. The number of carbonyl (C=O) groups excluding carboxylic acids is 2. The van der Waals surface area contributed by atoms with Gasteiger partial charge in [-0.15, -0.1) is 0 Å². The van der Waals surface area contributed by atoms with Crippen LogP contribution in [0.3, 0.4) is 0 Å². The zero-order valence-corrected chi connectivity index (χ0v) is 13.2. The van der Waals surface area contributed by atoms with Crippen molar-refractivity contribution in [3.63, 3.8) is 0 Å². The number of para-hydroxylation sites is 1. The van der Waals surface area contributed by atoms with Gasteiger partial charge in [-0.25, -0.2) is 4.79 Å². The van der Waals surface area contributed by atoms with E-state index in [2.05, 4.69) is 10.6 Å². The molecule has 0 bridgehead atoms. The van der Waals surface area contributed by atoms with Crippen LogP contribution in [-0.2, 0) is 0 Å². The molecule has 3 amide bonds. The Morgan fingerprint density at radius 2 is 1.62 bits per heavy atom. The van der Waals surface area contributed by atoms with Gasteiger partial charge in [0.15, 0.2) is 6.73 Å². The minimum atomic E-state index is -0.672. The van der Waals surface area contributed by atoms with Gasteiger partial charge in [0, 0.05) is 5.69 Å². The Morgan fingerprint density at radius 3 is 2.25 bits per heavy atom. The van der Waals surface area contributed by atoms with Gasteiger partial charge < -0.3 is 20.5 Å². The van der Waals surface area contributed by atoms with Crippen molar-refractivity contribution in [2.75, 3.05) is 19.1 Å². The second kappa shape index (κ2) is 8.42. The summed E-state index contributed by atoms with van der Waals surface area (Å²) in [4.78, 5) is 23.6. The number of amides is 3. The molecule has 126 valence electrons. The first-order chi connectivity index (χ1) is 11.6. The van der Waals surface area contributed by atoms with Crippen LogP contribution in [-0.4, -0.2) is 25.3 Å². The summed E-state index contributed by atoms with van der Waals surface area (Å²) in [5.74, 6) is 0.727. The van der Waals surface area contributed by atoms with Crippen LogP contribution in [0.5, 0.6) is 11.5 Å². The molecule has 24 heavy (non-hydrogen) atoms. The number of benzene rings is 2. The summed E-state index contributed by atoms with van der Waals surface area (Å²) in [5, 5.41) is 4.61. The number of hydrogen-bond acceptors (Lipinski definition) is 5. The van der Waals surface area contributed by atoms with Gasteiger partial charge in [-0.05, 0) is 43.3 Å². The molecule has 2 aromatic rings. The van der Waals surface area contributed by atoms with Gasteiger partial charge in [0.25, 0.3) is 5.91 Å². The Balaban J connectivity index is 1.77. The normalized spacial score (nSPS) is 9.88. The van der Waals surface area contributed by atoms with E-state index in [1.54, 1.807) is 42.5 Å². The van der Waals surface area contributed by atoms with E-state index in [-0.39, 0.29) is 12.3 Å². The summed E-state index contributed by atoms with van der Waals surface area (Å²) in [5.41, 5.74) is 6.22. The third kappa shape index (κ3) is 4.91. The minimum absolute atomic E-state index is 0.0859. The molecule has 7 nitrogen and oxygen atoms in total. The number of nitrogens with one attached hydrogen (secondary N) is 2. The van der Waals surface area contributed by atoms with E-state index in [0.717, 1.165) is 5.75 Å². The average molecular weight is 329 g/mol. The van der Waals surface area contributed by atoms with Gasteiger partial charge in [-0.3, -0.25) is 10.1 Å². The first kappa shape index (κ1) is 17.1. The lowest BCUT2D eigenvalue weighted by Gasteiger charge is -2.10. The quantitative estimate of drug-likeness (QED) is 0.556. The van der Waals surface area contributed by atoms with Crippen LogP contribution < -0.4 is 25.8 Å². The summed E-state index contributed by atoms with van der Waals surface area (Å²) in [6.07, 6.45) is 0. The Hall–Kier alpha value is -3.22. The van der Waals surface area contributed by atoms with E-state index < -0.39 is 11.9 Å². The van der Waals surface area contributed by atoms with Gasteiger partial charge in [0.05, 0.1) is 12.2 Å². The molecule has 7 heteroatoms. The maximum Gasteiger partial charge on any atom is 0.324 e. The first-order valence-corrected chi connectivity index (χ1v) is 7.39. The van der Waals surface area contributed by atoms with Crippen LogP contribution >= 0.6 is 0 Å². The lowest BCUT2D eigenvalue weighted by Crippen LogP contribution is -2.41. The number of ether oxygens (including phenoxy) is 2. The van der Waals surface area contributed by atoms with Crippen molar-refractivity contribution < 1.29 is 19.1 Å². The summed E-state index contributed by atoms with van der Waals surface area (Å²) < 4.78 is 10.7. The van der Waals surface area contributed by atoms with Crippen LogP contribution in [0, 0.1) is 0 Å². The molecule has 0 fully saturated rings. The van der Waals surface area contributed by atoms with E-state index in [1.807, 2.05) is 6.92 Å². The van der Waals surface area contributed by atoms with Gasteiger partial charge in [0.1, 0.15) is 11.5 Å². The molecule has 0 aliphatic carbocycles. The Morgan fingerprint density at radius 1 is 1.00 bits per heavy atom. The van der Waals surface area contributed by atoms with E-state index >= 15 is 0 Å². The summed E-state index contributed by atoms with van der Waals surface area (Å²) in [7, 11) is 0. The number of carbonyl (C=O) groups is 2. The second-order valence-corrected chi connectivity index (χ2v) is 4.74. The molecule has 0 heterocycles. The number of nitrogens with two attached hydrogens (primary N) is 1. The van der Waals surface area contributed by atoms with Crippen molar-refractivity contribution in [2.45, 2.75) is 6.92 Å². The SMILES string of the molecule is CCOc1ccc(OCNC(=O)NC(=O)c2ccccc2N)cc1. The summed E-state index contributed by atoms with van der Waals surface area (Å²) >= 11 is 0. The largest absolute Gasteiger partial charge is 0.494 e. The summed E-state index contributed by atoms with van der Waals surface area (Å²) in [6, 6.07) is 12.8. The molecule has 2 aromatic carbocycles. The Kier molecular flexibility index (Phi) is 6.01. The van der Waals surface area contributed by atoms with Crippen LogP contribution in [0.15, 0.2) is 48.5 Å². The molecular weight excluding hydrogens is 310 g/mol. The van der Waals surface area contributed by atoms with Gasteiger partial charge in [0.2, 0.25) is 0 Å². The standard InChI is InChI=1S/C17H19N3O4/c1-2-23-12-7-9-13(10-8-12)24-11-19-17(22)20-16(21)14-5-3-4-6-15(14)18/h3-10H,2,11,18H2,1H3,(H2,19,20,21,22). The minimum Gasteiger partial charge on any atom is -0.494 e. The molecule has 0 saturated heterocycles. The van der Waals surface area contributed by atoms with Crippen molar-refractivity contribution in [3.8, 4) is 11.5 Å². The van der Waals surface area contributed by atoms with Crippen LogP contribution in [0.1, 0.15) is 17.3 Å². The molecule has 0 aromatic heterocycles. The monoisotopic (exact) mass is 329 g/mol. The number of rotatable bonds is 6. The van der Waals surface area contributed by atoms with Gasteiger partial charge in [-0.2, -0.15) is 0 Å². The number of nitrogen functional groups attached to an aromatic ring is 1. The van der Waals surface area contributed by atoms with E-state index in [0.29, 0.717) is 18.0 Å².